The Bertz CT molecular complexity index is 501. The molecule has 1 aromatic carbocycles. The van der Waals surface area contributed by atoms with E-state index in [9.17, 15) is 14.0 Å². The van der Waals surface area contributed by atoms with Crippen molar-refractivity contribution in [2.45, 2.75) is 32.6 Å². The van der Waals surface area contributed by atoms with Crippen LogP contribution >= 0.6 is 15.9 Å². The van der Waals surface area contributed by atoms with Crippen LogP contribution in [0.2, 0.25) is 0 Å². The summed E-state index contributed by atoms with van der Waals surface area (Å²) in [7, 11) is 0. The Morgan fingerprint density at radius 3 is 2.56 bits per heavy atom. The van der Waals surface area contributed by atoms with Crippen LogP contribution in [0.5, 0.6) is 0 Å². The number of ketones is 2. The molecule has 4 heteroatoms. The van der Waals surface area contributed by atoms with Gasteiger partial charge in [0.2, 0.25) is 0 Å². The molecule has 0 atom stereocenters. The lowest BCUT2D eigenvalue weighted by molar-refractivity contribution is -0.121. The van der Waals surface area contributed by atoms with Crippen LogP contribution in [-0.4, -0.2) is 11.6 Å². The second-order valence-corrected chi connectivity index (χ2v) is 5.97. The van der Waals surface area contributed by atoms with E-state index in [-0.39, 0.29) is 17.1 Å². The molecule has 1 aliphatic carbocycles. The molecule has 0 radical (unpaired) electrons. The van der Waals surface area contributed by atoms with Gasteiger partial charge in [-0.05, 0) is 31.0 Å². The first kappa shape index (κ1) is 13.4. The monoisotopic (exact) mass is 312 g/mol. The van der Waals surface area contributed by atoms with Crippen LogP contribution in [0.15, 0.2) is 22.7 Å². The van der Waals surface area contributed by atoms with Crippen LogP contribution in [0.1, 0.15) is 43.0 Å². The van der Waals surface area contributed by atoms with Gasteiger partial charge in [-0.1, -0.05) is 22.9 Å². The summed E-state index contributed by atoms with van der Waals surface area (Å²) < 4.78 is 14.4. The molecule has 0 unspecified atom stereocenters. The minimum absolute atomic E-state index is 0.112. The summed E-state index contributed by atoms with van der Waals surface area (Å²) in [6.07, 6.45) is 1.85. The highest BCUT2D eigenvalue weighted by molar-refractivity contribution is 9.10. The van der Waals surface area contributed by atoms with Crippen LogP contribution in [0.25, 0.3) is 0 Å². The number of benzene rings is 1. The fourth-order valence-corrected chi connectivity index (χ4v) is 2.67. The number of hydrogen-bond acceptors (Lipinski definition) is 2. The Balaban J connectivity index is 2.30. The number of carbonyl (C=O) groups is 2. The first-order valence-corrected chi connectivity index (χ1v) is 6.73. The molecule has 0 aliphatic heterocycles. The quantitative estimate of drug-likeness (QED) is 0.776. The van der Waals surface area contributed by atoms with Gasteiger partial charge in [0.15, 0.2) is 5.78 Å². The summed E-state index contributed by atoms with van der Waals surface area (Å²) in [5.41, 5.74) is -0.503. The van der Waals surface area contributed by atoms with Crippen LogP contribution in [-0.2, 0) is 4.79 Å². The Hall–Kier alpha value is -1.03. The average Bonchev–Trinajstić information content (AvgIpc) is 2.35. The molecule has 1 aromatic rings. The molecule has 0 aromatic heterocycles. The number of carbonyl (C=O) groups excluding carboxylic acids is 2. The van der Waals surface area contributed by atoms with Gasteiger partial charge in [-0.2, -0.15) is 0 Å². The average molecular weight is 313 g/mol. The Morgan fingerprint density at radius 2 is 1.94 bits per heavy atom. The van der Waals surface area contributed by atoms with E-state index < -0.39 is 11.2 Å². The maximum absolute atomic E-state index is 13.7. The van der Waals surface area contributed by atoms with Gasteiger partial charge in [0.25, 0.3) is 0 Å². The third kappa shape index (κ3) is 2.53. The highest BCUT2D eigenvalue weighted by Gasteiger charge is 2.38. The van der Waals surface area contributed by atoms with Gasteiger partial charge >= 0.3 is 0 Å². The predicted molar refractivity (Wildman–Crippen MR) is 70.0 cm³/mol. The van der Waals surface area contributed by atoms with Crippen LogP contribution < -0.4 is 0 Å². The summed E-state index contributed by atoms with van der Waals surface area (Å²) in [6.45, 7) is 1.82. The zero-order valence-electron chi connectivity index (χ0n) is 10.1. The molecule has 0 bridgehead atoms. The van der Waals surface area contributed by atoms with Crippen LogP contribution in [0, 0.1) is 11.2 Å². The first-order valence-electron chi connectivity index (χ1n) is 5.94. The normalized spacial score (nSPS) is 18.7. The van der Waals surface area contributed by atoms with E-state index in [0.717, 1.165) is 0 Å². The fourth-order valence-electron chi connectivity index (χ4n) is 2.30. The van der Waals surface area contributed by atoms with E-state index in [1.54, 1.807) is 6.07 Å². The van der Waals surface area contributed by atoms with Gasteiger partial charge in [0.05, 0.1) is 5.56 Å². The number of Topliss-reactive ketones (excluding diaryl/α,β-unsaturated/α-hetero) is 2. The highest BCUT2D eigenvalue weighted by atomic mass is 79.9. The van der Waals surface area contributed by atoms with Crippen molar-refractivity contribution in [3.05, 3.63) is 34.1 Å². The molecule has 0 amide bonds. The van der Waals surface area contributed by atoms with E-state index in [4.69, 9.17) is 0 Å². The molecule has 0 saturated heterocycles. The topological polar surface area (TPSA) is 34.1 Å². The van der Waals surface area contributed by atoms with E-state index in [1.165, 1.54) is 12.1 Å². The summed E-state index contributed by atoms with van der Waals surface area (Å²) in [5, 5.41) is 0. The third-order valence-electron chi connectivity index (χ3n) is 3.63. The molecule has 1 fully saturated rings. The van der Waals surface area contributed by atoms with Crippen molar-refractivity contribution in [3.8, 4) is 0 Å². The lowest BCUT2D eigenvalue weighted by Crippen LogP contribution is -2.33. The van der Waals surface area contributed by atoms with Gasteiger partial charge < -0.3 is 0 Å². The fraction of sp³-hybridized carbons (Fsp3) is 0.429. The molecule has 1 aliphatic rings. The van der Waals surface area contributed by atoms with E-state index in [2.05, 4.69) is 15.9 Å². The molecule has 18 heavy (non-hydrogen) atoms. The van der Waals surface area contributed by atoms with Gasteiger partial charge in [-0.25, -0.2) is 4.39 Å². The second-order valence-electron chi connectivity index (χ2n) is 5.05. The minimum Gasteiger partial charge on any atom is -0.300 e. The van der Waals surface area contributed by atoms with Crippen molar-refractivity contribution in [1.29, 1.82) is 0 Å². The van der Waals surface area contributed by atoms with Gasteiger partial charge in [-0.3, -0.25) is 9.59 Å². The molecule has 0 spiro atoms. The maximum atomic E-state index is 13.7. The Kier molecular flexibility index (Phi) is 3.66. The van der Waals surface area contributed by atoms with Crippen molar-refractivity contribution in [3.63, 3.8) is 0 Å². The summed E-state index contributed by atoms with van der Waals surface area (Å²) in [6, 6.07) is 4.37. The molecule has 1 saturated carbocycles. The van der Waals surface area contributed by atoms with Gasteiger partial charge in [0, 0.05) is 22.7 Å². The molecule has 0 heterocycles. The number of rotatable bonds is 2. The molecule has 2 rings (SSSR count). The molecular weight excluding hydrogens is 299 g/mol. The number of hydrogen-bond donors (Lipinski definition) is 0. The summed E-state index contributed by atoms with van der Waals surface area (Å²) in [5.74, 6) is -0.509. The molecule has 96 valence electrons. The van der Waals surface area contributed by atoms with E-state index in [0.29, 0.717) is 30.2 Å². The Labute approximate surface area is 114 Å². The largest absolute Gasteiger partial charge is 0.300 e. The predicted octanol–water partition coefficient (Wildman–Crippen LogP) is 3.92. The second kappa shape index (κ2) is 4.92. The highest BCUT2D eigenvalue weighted by Crippen LogP contribution is 2.38. The first-order chi connectivity index (χ1) is 8.42. The van der Waals surface area contributed by atoms with Crippen LogP contribution in [0.4, 0.5) is 4.39 Å². The van der Waals surface area contributed by atoms with E-state index in [1.807, 2.05) is 6.92 Å². The lowest BCUT2D eigenvalue weighted by atomic mass is 9.70. The SMILES string of the molecule is CC1(C(=O)c2cc(Br)ccc2F)CCC(=O)CC1. The van der Waals surface area contributed by atoms with Crippen LogP contribution in [0.3, 0.4) is 0 Å². The zero-order valence-corrected chi connectivity index (χ0v) is 11.7. The van der Waals surface area contributed by atoms with Crippen molar-refractivity contribution >= 4 is 27.5 Å². The standard InChI is InChI=1S/C14H14BrFO2/c1-14(6-4-10(17)5-7-14)13(18)11-8-9(15)2-3-12(11)16/h2-3,8H,4-7H2,1H3. The summed E-state index contributed by atoms with van der Waals surface area (Å²) >= 11 is 3.24. The minimum atomic E-state index is -0.616. The van der Waals surface area contributed by atoms with Crippen molar-refractivity contribution in [2.24, 2.45) is 5.41 Å². The van der Waals surface area contributed by atoms with Crippen molar-refractivity contribution in [2.75, 3.05) is 0 Å². The van der Waals surface area contributed by atoms with Gasteiger partial charge in [0.1, 0.15) is 11.6 Å². The maximum Gasteiger partial charge on any atom is 0.171 e. The van der Waals surface area contributed by atoms with E-state index >= 15 is 0 Å². The lowest BCUT2D eigenvalue weighted by Gasteiger charge is -2.31. The van der Waals surface area contributed by atoms with Crippen molar-refractivity contribution in [1.82, 2.24) is 0 Å². The molecule has 0 N–H and O–H groups in total. The Morgan fingerprint density at radius 1 is 1.33 bits per heavy atom. The molecule has 2 nitrogen and oxygen atoms in total. The number of halogens is 2. The zero-order chi connectivity index (χ0) is 13.3. The molecular formula is C14H14BrFO2. The smallest absolute Gasteiger partial charge is 0.171 e. The summed E-state index contributed by atoms with van der Waals surface area (Å²) in [4.78, 5) is 23.7. The third-order valence-corrected chi connectivity index (χ3v) is 4.13. The van der Waals surface area contributed by atoms with Gasteiger partial charge in [-0.15, -0.1) is 0 Å². The van der Waals surface area contributed by atoms with Crippen molar-refractivity contribution < 1.29 is 14.0 Å².